The molecule has 0 radical (unpaired) electrons. The fraction of sp³-hybridized carbons (Fsp3) is 0.462. The van der Waals surface area contributed by atoms with Crippen molar-refractivity contribution < 1.29 is 0 Å². The SMILES string of the molecule is C#CC(CCC)NCc1cncc(C)c1. The molecule has 0 aromatic carbocycles. The predicted molar refractivity (Wildman–Crippen MR) is 63.3 cm³/mol. The fourth-order valence-corrected chi connectivity index (χ4v) is 1.49. The summed E-state index contributed by atoms with van der Waals surface area (Å²) in [6.07, 6.45) is 11.3. The lowest BCUT2D eigenvalue weighted by atomic mass is 10.1. The van der Waals surface area contributed by atoms with Gasteiger partial charge in [-0.1, -0.05) is 25.3 Å². The third-order valence-corrected chi connectivity index (χ3v) is 2.26. The zero-order chi connectivity index (χ0) is 11.1. The highest BCUT2D eigenvalue weighted by atomic mass is 14.9. The Morgan fingerprint density at radius 1 is 1.53 bits per heavy atom. The molecule has 0 saturated heterocycles. The van der Waals surface area contributed by atoms with E-state index in [1.54, 1.807) is 0 Å². The molecular weight excluding hydrogens is 184 g/mol. The van der Waals surface area contributed by atoms with Crippen LogP contribution in [-0.2, 0) is 6.54 Å². The zero-order valence-corrected chi connectivity index (χ0v) is 9.46. The Morgan fingerprint density at radius 2 is 2.33 bits per heavy atom. The maximum Gasteiger partial charge on any atom is 0.0689 e. The third-order valence-electron chi connectivity index (χ3n) is 2.26. The van der Waals surface area contributed by atoms with Crippen molar-refractivity contribution in [2.75, 3.05) is 0 Å². The molecule has 1 N–H and O–H groups in total. The van der Waals surface area contributed by atoms with Crippen LogP contribution >= 0.6 is 0 Å². The predicted octanol–water partition coefficient (Wildman–Crippen LogP) is 2.28. The minimum Gasteiger partial charge on any atom is -0.300 e. The molecule has 0 bridgehead atoms. The van der Waals surface area contributed by atoms with Gasteiger partial charge < -0.3 is 0 Å². The Bertz CT molecular complexity index is 339. The lowest BCUT2D eigenvalue weighted by molar-refractivity contribution is 0.562. The highest BCUT2D eigenvalue weighted by Crippen LogP contribution is 2.02. The van der Waals surface area contributed by atoms with Crippen molar-refractivity contribution in [1.29, 1.82) is 0 Å². The lowest BCUT2D eigenvalue weighted by Gasteiger charge is -2.11. The van der Waals surface area contributed by atoms with Gasteiger partial charge in [0, 0.05) is 18.9 Å². The Hall–Kier alpha value is -1.33. The second kappa shape index (κ2) is 6.21. The van der Waals surface area contributed by atoms with Gasteiger partial charge >= 0.3 is 0 Å². The van der Waals surface area contributed by atoms with Crippen molar-refractivity contribution >= 4 is 0 Å². The Kier molecular flexibility index (Phi) is 4.86. The average Bonchev–Trinajstić information content (AvgIpc) is 2.24. The van der Waals surface area contributed by atoms with E-state index in [0.29, 0.717) is 0 Å². The van der Waals surface area contributed by atoms with Crippen LogP contribution < -0.4 is 5.32 Å². The van der Waals surface area contributed by atoms with Gasteiger partial charge in [0.15, 0.2) is 0 Å². The topological polar surface area (TPSA) is 24.9 Å². The van der Waals surface area contributed by atoms with Crippen molar-refractivity contribution in [3.05, 3.63) is 29.6 Å². The Labute approximate surface area is 92.1 Å². The van der Waals surface area contributed by atoms with Crippen molar-refractivity contribution in [3.8, 4) is 12.3 Å². The largest absolute Gasteiger partial charge is 0.300 e. The standard InChI is InChI=1S/C13H18N2/c1-4-6-13(5-2)15-10-12-7-11(3)8-14-9-12/h2,7-9,13,15H,4,6,10H2,1,3H3. The number of aromatic nitrogens is 1. The summed E-state index contributed by atoms with van der Waals surface area (Å²) in [4.78, 5) is 4.14. The highest BCUT2D eigenvalue weighted by Gasteiger charge is 2.02. The first-order chi connectivity index (χ1) is 7.26. The molecule has 1 heterocycles. The van der Waals surface area contributed by atoms with E-state index < -0.39 is 0 Å². The van der Waals surface area contributed by atoms with Gasteiger partial charge in [0.2, 0.25) is 0 Å². The second-order valence-electron chi connectivity index (χ2n) is 3.76. The van der Waals surface area contributed by atoms with Gasteiger partial charge in [0.05, 0.1) is 6.04 Å². The zero-order valence-electron chi connectivity index (χ0n) is 9.46. The minimum absolute atomic E-state index is 0.176. The summed E-state index contributed by atoms with van der Waals surface area (Å²) in [5.41, 5.74) is 2.37. The summed E-state index contributed by atoms with van der Waals surface area (Å²) < 4.78 is 0. The van der Waals surface area contributed by atoms with Gasteiger partial charge in [0.1, 0.15) is 0 Å². The maximum atomic E-state index is 5.42. The molecule has 0 amide bonds. The van der Waals surface area contributed by atoms with Crippen LogP contribution in [0.5, 0.6) is 0 Å². The summed E-state index contributed by atoms with van der Waals surface area (Å²) in [5.74, 6) is 2.76. The molecule has 15 heavy (non-hydrogen) atoms. The highest BCUT2D eigenvalue weighted by molar-refractivity contribution is 5.16. The third kappa shape index (κ3) is 4.14. The Balaban J connectivity index is 2.46. The van der Waals surface area contributed by atoms with E-state index in [-0.39, 0.29) is 6.04 Å². The first-order valence-electron chi connectivity index (χ1n) is 5.36. The summed E-state index contributed by atoms with van der Waals surface area (Å²) in [5, 5.41) is 3.34. The van der Waals surface area contributed by atoms with Crippen molar-refractivity contribution in [1.82, 2.24) is 10.3 Å². The quantitative estimate of drug-likeness (QED) is 0.741. The van der Waals surface area contributed by atoms with Gasteiger partial charge in [-0.25, -0.2) is 0 Å². The summed E-state index contributed by atoms with van der Waals surface area (Å²) in [6.45, 7) is 4.98. The number of hydrogen-bond acceptors (Lipinski definition) is 2. The lowest BCUT2D eigenvalue weighted by Crippen LogP contribution is -2.26. The number of terminal acetylenes is 1. The first kappa shape index (κ1) is 11.7. The van der Waals surface area contributed by atoms with E-state index in [2.05, 4.69) is 29.2 Å². The van der Waals surface area contributed by atoms with Crippen LogP contribution in [0.2, 0.25) is 0 Å². The normalized spacial score (nSPS) is 12.1. The van der Waals surface area contributed by atoms with Gasteiger partial charge in [0.25, 0.3) is 0 Å². The summed E-state index contributed by atoms with van der Waals surface area (Å²) in [6, 6.07) is 2.30. The number of rotatable bonds is 5. The van der Waals surface area contributed by atoms with Gasteiger partial charge in [-0.2, -0.15) is 0 Å². The van der Waals surface area contributed by atoms with Crippen molar-refractivity contribution in [2.45, 2.75) is 39.3 Å². The molecule has 0 aliphatic carbocycles. The number of nitrogens with one attached hydrogen (secondary N) is 1. The molecule has 0 fully saturated rings. The van der Waals surface area contributed by atoms with Gasteiger partial charge in [-0.3, -0.25) is 10.3 Å². The molecule has 1 rings (SSSR count). The van der Waals surface area contributed by atoms with E-state index in [9.17, 15) is 0 Å². The van der Waals surface area contributed by atoms with Crippen LogP contribution in [0.4, 0.5) is 0 Å². The maximum absolute atomic E-state index is 5.42. The smallest absolute Gasteiger partial charge is 0.0689 e. The molecule has 0 aliphatic heterocycles. The van der Waals surface area contributed by atoms with Gasteiger partial charge in [-0.05, 0) is 24.5 Å². The summed E-state index contributed by atoms with van der Waals surface area (Å²) >= 11 is 0. The number of pyridine rings is 1. The molecule has 1 aromatic rings. The molecule has 0 aliphatic rings. The van der Waals surface area contributed by atoms with Crippen LogP contribution in [0.1, 0.15) is 30.9 Å². The monoisotopic (exact) mass is 202 g/mol. The molecule has 2 heteroatoms. The van der Waals surface area contributed by atoms with Crippen LogP contribution in [-0.4, -0.2) is 11.0 Å². The number of aryl methyl sites for hydroxylation is 1. The molecule has 0 saturated carbocycles. The molecule has 1 atom stereocenters. The van der Waals surface area contributed by atoms with E-state index in [0.717, 1.165) is 19.4 Å². The van der Waals surface area contributed by atoms with Crippen LogP contribution in [0.25, 0.3) is 0 Å². The fourth-order valence-electron chi connectivity index (χ4n) is 1.49. The van der Waals surface area contributed by atoms with E-state index >= 15 is 0 Å². The molecule has 80 valence electrons. The first-order valence-corrected chi connectivity index (χ1v) is 5.36. The molecule has 1 unspecified atom stereocenters. The van der Waals surface area contributed by atoms with E-state index in [1.165, 1.54) is 11.1 Å². The molecular formula is C13H18N2. The second-order valence-corrected chi connectivity index (χ2v) is 3.76. The summed E-state index contributed by atoms with van der Waals surface area (Å²) in [7, 11) is 0. The van der Waals surface area contributed by atoms with Crippen LogP contribution in [0.15, 0.2) is 18.5 Å². The number of hydrogen-bond donors (Lipinski definition) is 1. The van der Waals surface area contributed by atoms with Crippen molar-refractivity contribution in [2.24, 2.45) is 0 Å². The number of nitrogens with zero attached hydrogens (tertiary/aromatic N) is 1. The van der Waals surface area contributed by atoms with Crippen LogP contribution in [0, 0.1) is 19.3 Å². The van der Waals surface area contributed by atoms with E-state index in [1.807, 2.05) is 19.3 Å². The molecule has 0 spiro atoms. The van der Waals surface area contributed by atoms with E-state index in [4.69, 9.17) is 6.42 Å². The minimum atomic E-state index is 0.176. The molecule has 2 nitrogen and oxygen atoms in total. The average molecular weight is 202 g/mol. The molecule has 1 aromatic heterocycles. The van der Waals surface area contributed by atoms with Crippen LogP contribution in [0.3, 0.4) is 0 Å². The Morgan fingerprint density at radius 3 is 2.93 bits per heavy atom. The van der Waals surface area contributed by atoms with Gasteiger partial charge in [-0.15, -0.1) is 6.42 Å². The van der Waals surface area contributed by atoms with Crippen molar-refractivity contribution in [3.63, 3.8) is 0 Å².